The summed E-state index contributed by atoms with van der Waals surface area (Å²) in [4.78, 5) is 1.24. The van der Waals surface area contributed by atoms with Crippen molar-refractivity contribution in [1.29, 1.82) is 0 Å². The summed E-state index contributed by atoms with van der Waals surface area (Å²) in [6, 6.07) is 16.7. The molecule has 18 heavy (non-hydrogen) atoms. The van der Waals surface area contributed by atoms with Crippen LogP contribution in [0.25, 0.3) is 0 Å². The lowest BCUT2D eigenvalue weighted by Crippen LogP contribution is -2.08. The molecular formula is C16H16OS. The molecule has 0 bridgehead atoms. The average molecular weight is 256 g/mol. The van der Waals surface area contributed by atoms with Crippen LogP contribution in [-0.2, 0) is 6.42 Å². The van der Waals surface area contributed by atoms with Crippen LogP contribution < -0.4 is 0 Å². The van der Waals surface area contributed by atoms with Crippen LogP contribution in [0.4, 0.5) is 0 Å². The number of aliphatic hydroxyl groups is 1. The van der Waals surface area contributed by atoms with Crippen LogP contribution in [0.15, 0.2) is 53.4 Å². The number of thioether (sulfide) groups is 1. The first-order chi connectivity index (χ1) is 8.74. The van der Waals surface area contributed by atoms with E-state index >= 15 is 0 Å². The fraction of sp³-hybridized carbons (Fsp3) is 0.250. The van der Waals surface area contributed by atoms with Crippen molar-refractivity contribution in [3.05, 3.63) is 65.2 Å². The molecule has 0 spiro atoms. The van der Waals surface area contributed by atoms with E-state index in [1.807, 2.05) is 18.2 Å². The van der Waals surface area contributed by atoms with Gasteiger partial charge in [0.2, 0.25) is 0 Å². The third-order valence-electron chi connectivity index (χ3n) is 3.42. The Labute approximate surface area is 112 Å². The van der Waals surface area contributed by atoms with Crippen molar-refractivity contribution in [3.63, 3.8) is 0 Å². The maximum absolute atomic E-state index is 10.4. The standard InChI is InChI=1S/C16H16OS/c1-11-5-4-7-13(9-11)18-15-10-12-6-2-3-8-14(12)16(15)17/h2-9,15-17H,10H2,1H3/t15-,16+/m0/s1. The highest BCUT2D eigenvalue weighted by atomic mass is 32.2. The van der Waals surface area contributed by atoms with Gasteiger partial charge in [-0.05, 0) is 36.6 Å². The molecule has 0 saturated carbocycles. The van der Waals surface area contributed by atoms with Crippen LogP contribution in [-0.4, -0.2) is 10.4 Å². The molecule has 0 heterocycles. The number of aliphatic hydroxyl groups excluding tert-OH is 1. The lowest BCUT2D eigenvalue weighted by molar-refractivity contribution is 0.185. The molecule has 0 saturated heterocycles. The van der Waals surface area contributed by atoms with E-state index in [2.05, 4.69) is 37.3 Å². The zero-order valence-corrected chi connectivity index (χ0v) is 11.2. The molecule has 0 fully saturated rings. The van der Waals surface area contributed by atoms with Crippen LogP contribution in [0.5, 0.6) is 0 Å². The summed E-state index contributed by atoms with van der Waals surface area (Å²) in [5.41, 5.74) is 3.66. The summed E-state index contributed by atoms with van der Waals surface area (Å²) in [6.07, 6.45) is 0.613. The van der Waals surface area contributed by atoms with Gasteiger partial charge in [-0.1, -0.05) is 42.0 Å². The van der Waals surface area contributed by atoms with Crippen LogP contribution in [0.3, 0.4) is 0 Å². The zero-order valence-electron chi connectivity index (χ0n) is 10.3. The number of aryl methyl sites for hydroxylation is 1. The maximum Gasteiger partial charge on any atom is 0.0917 e. The van der Waals surface area contributed by atoms with E-state index in [-0.39, 0.29) is 11.4 Å². The molecule has 1 nitrogen and oxygen atoms in total. The predicted octanol–water partition coefficient (Wildman–Crippen LogP) is 3.75. The van der Waals surface area contributed by atoms with Crippen molar-refractivity contribution < 1.29 is 5.11 Å². The Balaban J connectivity index is 1.81. The fourth-order valence-corrected chi connectivity index (χ4v) is 3.81. The van der Waals surface area contributed by atoms with Gasteiger partial charge in [0.05, 0.1) is 6.10 Å². The van der Waals surface area contributed by atoms with E-state index in [0.717, 1.165) is 12.0 Å². The normalized spacial score (nSPS) is 21.9. The summed E-state index contributed by atoms with van der Waals surface area (Å²) < 4.78 is 0. The highest BCUT2D eigenvalue weighted by Crippen LogP contribution is 2.41. The second-order valence-electron chi connectivity index (χ2n) is 4.82. The number of fused-ring (bicyclic) bond motifs is 1. The second-order valence-corrected chi connectivity index (χ2v) is 6.13. The minimum Gasteiger partial charge on any atom is -0.387 e. The van der Waals surface area contributed by atoms with Crippen molar-refractivity contribution >= 4 is 11.8 Å². The van der Waals surface area contributed by atoms with Gasteiger partial charge in [-0.2, -0.15) is 0 Å². The van der Waals surface area contributed by atoms with Gasteiger partial charge in [0.25, 0.3) is 0 Å². The van der Waals surface area contributed by atoms with Crippen molar-refractivity contribution in [2.75, 3.05) is 0 Å². The molecule has 0 radical (unpaired) electrons. The van der Waals surface area contributed by atoms with Gasteiger partial charge in [0, 0.05) is 10.1 Å². The average Bonchev–Trinajstić information content (AvgIpc) is 2.67. The van der Waals surface area contributed by atoms with Gasteiger partial charge < -0.3 is 5.11 Å². The predicted molar refractivity (Wildman–Crippen MR) is 75.9 cm³/mol. The molecule has 0 aromatic heterocycles. The highest BCUT2D eigenvalue weighted by molar-refractivity contribution is 8.00. The monoisotopic (exact) mass is 256 g/mol. The van der Waals surface area contributed by atoms with Crippen LogP contribution in [0.2, 0.25) is 0 Å². The molecule has 1 aliphatic carbocycles. The minimum atomic E-state index is -0.341. The van der Waals surface area contributed by atoms with E-state index in [9.17, 15) is 5.11 Å². The van der Waals surface area contributed by atoms with Crippen molar-refractivity contribution in [1.82, 2.24) is 0 Å². The van der Waals surface area contributed by atoms with Crippen molar-refractivity contribution in [2.45, 2.75) is 29.6 Å². The van der Waals surface area contributed by atoms with Gasteiger partial charge in [-0.15, -0.1) is 11.8 Å². The maximum atomic E-state index is 10.4. The van der Waals surface area contributed by atoms with Crippen LogP contribution in [0, 0.1) is 6.92 Å². The van der Waals surface area contributed by atoms with E-state index < -0.39 is 0 Å². The number of rotatable bonds is 2. The molecule has 2 aromatic carbocycles. The third-order valence-corrected chi connectivity index (χ3v) is 4.68. The Morgan fingerprint density at radius 3 is 2.72 bits per heavy atom. The largest absolute Gasteiger partial charge is 0.387 e. The van der Waals surface area contributed by atoms with E-state index in [4.69, 9.17) is 0 Å². The lowest BCUT2D eigenvalue weighted by atomic mass is 10.1. The molecule has 92 valence electrons. The second kappa shape index (κ2) is 4.79. The summed E-state index contributed by atoms with van der Waals surface area (Å²) in [5.74, 6) is 0. The number of hydrogen-bond acceptors (Lipinski definition) is 2. The van der Waals surface area contributed by atoms with Crippen molar-refractivity contribution in [3.8, 4) is 0 Å². The minimum absolute atomic E-state index is 0.240. The molecule has 0 unspecified atom stereocenters. The Kier molecular flexibility index (Phi) is 3.14. The summed E-state index contributed by atoms with van der Waals surface area (Å²) in [5, 5.41) is 10.6. The lowest BCUT2D eigenvalue weighted by Gasteiger charge is -2.14. The van der Waals surface area contributed by atoms with Crippen LogP contribution >= 0.6 is 11.8 Å². The molecular weight excluding hydrogens is 240 g/mol. The molecule has 2 aromatic rings. The Bertz CT molecular complexity index is 565. The zero-order chi connectivity index (χ0) is 12.5. The number of hydrogen-bond donors (Lipinski definition) is 1. The first kappa shape index (κ1) is 11.8. The Morgan fingerprint density at radius 1 is 1.11 bits per heavy atom. The molecule has 0 aliphatic heterocycles. The van der Waals surface area contributed by atoms with E-state index in [0.29, 0.717) is 0 Å². The Morgan fingerprint density at radius 2 is 1.94 bits per heavy atom. The highest BCUT2D eigenvalue weighted by Gasteiger charge is 2.31. The third kappa shape index (κ3) is 2.18. The van der Waals surface area contributed by atoms with Gasteiger partial charge >= 0.3 is 0 Å². The number of benzene rings is 2. The molecule has 1 aliphatic rings. The summed E-state index contributed by atoms with van der Waals surface area (Å²) in [6.45, 7) is 2.10. The topological polar surface area (TPSA) is 20.2 Å². The van der Waals surface area contributed by atoms with E-state index in [1.54, 1.807) is 11.8 Å². The molecule has 2 atom stereocenters. The molecule has 0 amide bonds. The summed E-state index contributed by atoms with van der Waals surface area (Å²) in [7, 11) is 0. The van der Waals surface area contributed by atoms with Gasteiger partial charge in [0.1, 0.15) is 0 Å². The first-order valence-electron chi connectivity index (χ1n) is 6.23. The van der Waals surface area contributed by atoms with Gasteiger partial charge in [-0.25, -0.2) is 0 Å². The first-order valence-corrected chi connectivity index (χ1v) is 7.11. The summed E-state index contributed by atoms with van der Waals surface area (Å²) >= 11 is 1.78. The fourth-order valence-electron chi connectivity index (χ4n) is 2.51. The molecule has 1 N–H and O–H groups in total. The Hall–Kier alpha value is -1.25. The van der Waals surface area contributed by atoms with Crippen LogP contribution in [0.1, 0.15) is 22.8 Å². The SMILES string of the molecule is Cc1cccc(S[C@H]2Cc3ccccc3[C@H]2O)c1. The van der Waals surface area contributed by atoms with Gasteiger partial charge in [-0.3, -0.25) is 0 Å². The van der Waals surface area contributed by atoms with E-state index in [1.165, 1.54) is 16.0 Å². The smallest absolute Gasteiger partial charge is 0.0917 e. The quantitative estimate of drug-likeness (QED) is 0.883. The molecule has 2 heteroatoms. The van der Waals surface area contributed by atoms with Crippen molar-refractivity contribution in [2.24, 2.45) is 0 Å². The van der Waals surface area contributed by atoms with Gasteiger partial charge in [0.15, 0.2) is 0 Å². The molecule has 3 rings (SSSR count).